The zero-order valence-corrected chi connectivity index (χ0v) is 19.6. The molecular weight excluding hydrogens is 401 g/mol. The van der Waals surface area contributed by atoms with Gasteiger partial charge in [-0.1, -0.05) is 37.6 Å². The largest absolute Gasteiger partial charge is 0.508 e. The summed E-state index contributed by atoms with van der Waals surface area (Å²) in [6.07, 6.45) is 7.37. The van der Waals surface area contributed by atoms with Gasteiger partial charge in [-0.3, -0.25) is 4.79 Å². The summed E-state index contributed by atoms with van der Waals surface area (Å²) < 4.78 is 15.2. The molecule has 2 aromatic rings. The zero-order chi connectivity index (χ0) is 23.5. The molecule has 0 heterocycles. The van der Waals surface area contributed by atoms with E-state index in [1.807, 2.05) is 6.08 Å². The number of allylic oxidation sites excluding steroid dienone is 5. The normalized spacial score (nSPS) is 16.8. The van der Waals surface area contributed by atoms with Gasteiger partial charge in [0.2, 0.25) is 0 Å². The molecule has 0 spiro atoms. The van der Waals surface area contributed by atoms with Gasteiger partial charge in [-0.25, -0.2) is 4.39 Å². The molecule has 2 N–H and O–H groups in total. The molecule has 0 saturated carbocycles. The molecule has 1 aliphatic carbocycles. The maximum absolute atomic E-state index is 15.2. The molecule has 0 radical (unpaired) electrons. The minimum absolute atomic E-state index is 0.109. The molecule has 0 unspecified atom stereocenters. The lowest BCUT2D eigenvalue weighted by Crippen LogP contribution is -2.19. The van der Waals surface area contributed by atoms with Crippen LogP contribution in [0.15, 0.2) is 71.3 Å². The molecule has 32 heavy (non-hydrogen) atoms. The van der Waals surface area contributed by atoms with Gasteiger partial charge >= 0.3 is 0 Å². The van der Waals surface area contributed by atoms with Gasteiger partial charge in [0.1, 0.15) is 11.6 Å². The lowest BCUT2D eigenvalue weighted by Gasteiger charge is -2.33. The van der Waals surface area contributed by atoms with Gasteiger partial charge in [-0.2, -0.15) is 0 Å². The highest BCUT2D eigenvalue weighted by Gasteiger charge is 2.26. The second-order valence-corrected chi connectivity index (χ2v) is 9.29. The number of carbonyl (C=O) groups excluding carboxylic acids is 1. The first-order valence-corrected chi connectivity index (χ1v) is 11.0. The maximum Gasteiger partial charge on any atom is 0.255 e. The first-order valence-electron chi connectivity index (χ1n) is 11.0. The second kappa shape index (κ2) is 9.56. The number of aromatic hydroxyl groups is 1. The van der Waals surface area contributed by atoms with E-state index in [9.17, 15) is 9.90 Å². The van der Waals surface area contributed by atoms with E-state index in [0.29, 0.717) is 28.0 Å². The van der Waals surface area contributed by atoms with Crippen molar-refractivity contribution in [2.45, 2.75) is 53.9 Å². The average Bonchev–Trinajstić information content (AvgIpc) is 2.73. The minimum Gasteiger partial charge on any atom is -0.508 e. The SMILES string of the molecule is CC1=C(/C=C/C(C)=C(\F)c2ccc(C(=O)Nc3ccc(O)cc3)cc2C)C(C)(C)CCC1. The van der Waals surface area contributed by atoms with Crippen LogP contribution in [0.2, 0.25) is 0 Å². The molecule has 0 saturated heterocycles. The number of nitrogens with one attached hydrogen (secondary N) is 1. The van der Waals surface area contributed by atoms with E-state index >= 15 is 4.39 Å². The summed E-state index contributed by atoms with van der Waals surface area (Å²) in [5.41, 5.74) is 5.57. The molecule has 1 aliphatic rings. The Bertz CT molecular complexity index is 1100. The van der Waals surface area contributed by atoms with E-state index in [2.05, 4.69) is 32.2 Å². The smallest absolute Gasteiger partial charge is 0.255 e. The van der Waals surface area contributed by atoms with Crippen LogP contribution >= 0.6 is 0 Å². The van der Waals surface area contributed by atoms with Crippen molar-refractivity contribution in [3.05, 3.63) is 88.0 Å². The van der Waals surface area contributed by atoms with Crippen molar-refractivity contribution in [3.8, 4) is 5.75 Å². The first-order chi connectivity index (χ1) is 15.1. The number of phenols is 1. The highest BCUT2D eigenvalue weighted by Crippen LogP contribution is 2.41. The Kier molecular flexibility index (Phi) is 7.02. The summed E-state index contributed by atoms with van der Waals surface area (Å²) in [5.74, 6) is -0.433. The average molecular weight is 434 g/mol. The number of carbonyl (C=O) groups is 1. The highest BCUT2D eigenvalue weighted by atomic mass is 19.1. The number of hydrogen-bond donors (Lipinski definition) is 2. The van der Waals surface area contributed by atoms with Crippen molar-refractivity contribution in [1.29, 1.82) is 0 Å². The predicted molar refractivity (Wildman–Crippen MR) is 130 cm³/mol. The Morgan fingerprint density at radius 3 is 2.44 bits per heavy atom. The summed E-state index contributed by atoms with van der Waals surface area (Å²) in [6.45, 7) is 10.2. The molecule has 0 bridgehead atoms. The molecular formula is C28H32FNO2. The number of hydrogen-bond acceptors (Lipinski definition) is 2. The monoisotopic (exact) mass is 433 g/mol. The summed E-state index contributed by atoms with van der Waals surface area (Å²) in [4.78, 5) is 12.5. The van der Waals surface area contributed by atoms with E-state index < -0.39 is 0 Å². The van der Waals surface area contributed by atoms with Crippen LogP contribution in [0.3, 0.4) is 0 Å². The number of halogens is 1. The Morgan fingerprint density at radius 2 is 1.81 bits per heavy atom. The van der Waals surface area contributed by atoms with Crippen molar-refractivity contribution in [1.82, 2.24) is 0 Å². The number of anilines is 1. The van der Waals surface area contributed by atoms with Crippen molar-refractivity contribution in [2.24, 2.45) is 5.41 Å². The van der Waals surface area contributed by atoms with Crippen LogP contribution < -0.4 is 5.32 Å². The third-order valence-corrected chi connectivity index (χ3v) is 6.24. The topological polar surface area (TPSA) is 49.3 Å². The summed E-state index contributed by atoms with van der Waals surface area (Å²) in [7, 11) is 0. The van der Waals surface area contributed by atoms with Gasteiger partial charge < -0.3 is 10.4 Å². The molecule has 0 atom stereocenters. The Balaban J connectivity index is 1.80. The van der Waals surface area contributed by atoms with Crippen LogP contribution in [-0.2, 0) is 0 Å². The van der Waals surface area contributed by atoms with E-state index in [-0.39, 0.29) is 22.9 Å². The Labute approximate surface area is 190 Å². The van der Waals surface area contributed by atoms with Crippen LogP contribution in [0.4, 0.5) is 10.1 Å². The van der Waals surface area contributed by atoms with Crippen LogP contribution in [-0.4, -0.2) is 11.0 Å². The molecule has 168 valence electrons. The molecule has 4 heteroatoms. The zero-order valence-electron chi connectivity index (χ0n) is 19.6. The van der Waals surface area contributed by atoms with E-state index in [4.69, 9.17) is 0 Å². The molecule has 0 fully saturated rings. The quantitative estimate of drug-likeness (QED) is 0.374. The fraction of sp³-hybridized carbons (Fsp3) is 0.321. The van der Waals surface area contributed by atoms with Crippen molar-refractivity contribution >= 4 is 17.4 Å². The van der Waals surface area contributed by atoms with Gasteiger partial charge in [0.25, 0.3) is 5.91 Å². The van der Waals surface area contributed by atoms with Crippen molar-refractivity contribution in [3.63, 3.8) is 0 Å². The third-order valence-electron chi connectivity index (χ3n) is 6.24. The molecule has 3 nitrogen and oxygen atoms in total. The van der Waals surface area contributed by atoms with Crippen LogP contribution in [0.5, 0.6) is 5.75 Å². The first kappa shape index (κ1) is 23.5. The number of amides is 1. The van der Waals surface area contributed by atoms with Crippen molar-refractivity contribution in [2.75, 3.05) is 5.32 Å². The third kappa shape index (κ3) is 5.37. The number of phenolic OH excluding ortho intramolecular Hbond substituents is 1. The lowest BCUT2D eigenvalue weighted by molar-refractivity contribution is 0.102. The number of rotatable bonds is 5. The standard InChI is InChI=1S/C28H32FNO2/c1-18-7-6-16-28(4,5)25(18)15-8-19(2)26(29)24-14-9-21(17-20(24)3)27(32)30-22-10-12-23(31)13-11-22/h8-15,17,31H,6-7,16H2,1-5H3,(H,30,32)/b15-8+,26-19-. The van der Waals surface area contributed by atoms with Crippen LogP contribution in [0.25, 0.3) is 5.83 Å². The molecule has 2 aromatic carbocycles. The fourth-order valence-corrected chi connectivity index (χ4v) is 4.30. The van der Waals surface area contributed by atoms with Gasteiger partial charge in [-0.15, -0.1) is 0 Å². The molecule has 3 rings (SSSR count). The Morgan fingerprint density at radius 1 is 1.12 bits per heavy atom. The summed E-state index contributed by atoms with van der Waals surface area (Å²) >= 11 is 0. The Hall–Kier alpha value is -3.14. The number of aryl methyl sites for hydroxylation is 1. The van der Waals surface area contributed by atoms with Crippen molar-refractivity contribution < 1.29 is 14.3 Å². The maximum atomic E-state index is 15.2. The summed E-state index contributed by atoms with van der Waals surface area (Å²) in [5, 5.41) is 12.1. The molecule has 1 amide bonds. The van der Waals surface area contributed by atoms with Gasteiger partial charge in [-0.05, 0) is 98.6 Å². The molecule has 0 aromatic heterocycles. The predicted octanol–water partition coefficient (Wildman–Crippen LogP) is 7.74. The van der Waals surface area contributed by atoms with Crippen LogP contribution in [0, 0.1) is 12.3 Å². The van der Waals surface area contributed by atoms with E-state index in [1.54, 1.807) is 44.2 Å². The van der Waals surface area contributed by atoms with Gasteiger partial charge in [0, 0.05) is 16.8 Å². The van der Waals surface area contributed by atoms with E-state index in [0.717, 1.165) is 12.8 Å². The minimum atomic E-state index is -0.284. The van der Waals surface area contributed by atoms with E-state index in [1.165, 1.54) is 29.7 Å². The van der Waals surface area contributed by atoms with Crippen LogP contribution in [0.1, 0.15) is 68.4 Å². The highest BCUT2D eigenvalue weighted by molar-refractivity contribution is 6.04. The molecule has 0 aliphatic heterocycles. The fourth-order valence-electron chi connectivity index (χ4n) is 4.30. The lowest BCUT2D eigenvalue weighted by atomic mass is 9.72. The van der Waals surface area contributed by atoms with Gasteiger partial charge in [0.15, 0.2) is 0 Å². The second-order valence-electron chi connectivity index (χ2n) is 9.29. The number of benzene rings is 2. The summed E-state index contributed by atoms with van der Waals surface area (Å²) in [6, 6.07) is 11.2. The van der Waals surface area contributed by atoms with Gasteiger partial charge in [0.05, 0.1) is 0 Å².